The van der Waals surface area contributed by atoms with Crippen molar-refractivity contribution in [3.63, 3.8) is 0 Å². The molecule has 1 aliphatic rings. The highest BCUT2D eigenvalue weighted by atomic mass is 16.5. The van der Waals surface area contributed by atoms with Crippen LogP contribution < -0.4 is 0 Å². The van der Waals surface area contributed by atoms with Gasteiger partial charge in [-0.15, -0.1) is 0 Å². The summed E-state index contributed by atoms with van der Waals surface area (Å²) in [5, 5.41) is 11.4. The number of piperidine rings is 1. The zero-order valence-electron chi connectivity index (χ0n) is 6.26. The van der Waals surface area contributed by atoms with Crippen LogP contribution >= 0.6 is 0 Å². The molecule has 0 amide bonds. The van der Waals surface area contributed by atoms with Gasteiger partial charge in [-0.3, -0.25) is 0 Å². The van der Waals surface area contributed by atoms with E-state index in [0.29, 0.717) is 6.04 Å². The maximum atomic E-state index is 11.4. The van der Waals surface area contributed by atoms with Gasteiger partial charge >= 0.3 is 0 Å². The lowest BCUT2D eigenvalue weighted by Gasteiger charge is -2.47. The smallest absolute Gasteiger partial charge is 0.0856 e. The largest absolute Gasteiger partial charge is 0.633 e. The predicted octanol–water partition coefficient (Wildman–Crippen LogP) is 1.50. The van der Waals surface area contributed by atoms with Gasteiger partial charge in [-0.1, -0.05) is 0 Å². The van der Waals surface area contributed by atoms with Crippen LogP contribution in [0.5, 0.6) is 0 Å². The van der Waals surface area contributed by atoms with Gasteiger partial charge in [0.15, 0.2) is 0 Å². The first kappa shape index (κ1) is 7.03. The molecule has 9 heavy (non-hydrogen) atoms. The minimum atomic E-state index is -0.0139. The molecule has 1 heterocycles. The van der Waals surface area contributed by atoms with Gasteiger partial charge in [0, 0.05) is 0 Å². The van der Waals surface area contributed by atoms with Crippen molar-refractivity contribution in [3.8, 4) is 0 Å². The van der Waals surface area contributed by atoms with Gasteiger partial charge < -0.3 is 9.85 Å². The average Bonchev–Trinajstić information content (AvgIpc) is 1.77. The van der Waals surface area contributed by atoms with Crippen molar-refractivity contribution < 1.29 is 4.65 Å². The normalized spacial score (nSPS) is 45.0. The summed E-state index contributed by atoms with van der Waals surface area (Å²) in [5.74, 6) is 0. The van der Waals surface area contributed by atoms with Gasteiger partial charge in [0.25, 0.3) is 0 Å². The van der Waals surface area contributed by atoms with Crippen LogP contribution in [0.1, 0.15) is 26.2 Å². The summed E-state index contributed by atoms with van der Waals surface area (Å²) in [6.45, 7) is 2.87. The number of hydrogen-bond acceptors (Lipinski definition) is 1. The second-order valence-corrected chi connectivity index (χ2v) is 3.24. The molecule has 54 valence electrons. The van der Waals surface area contributed by atoms with E-state index in [2.05, 4.69) is 0 Å². The quantitative estimate of drug-likeness (QED) is 0.359. The Morgan fingerprint density at radius 2 is 2.11 bits per heavy atom. The maximum Gasteiger partial charge on any atom is 0.0856 e. The Balaban J connectivity index is 2.49. The molecule has 0 aliphatic carbocycles. The Hall–Kier alpha value is -0.0800. The lowest BCUT2D eigenvalue weighted by molar-refractivity contribution is -0.889. The maximum absolute atomic E-state index is 11.4. The molecule has 1 saturated heterocycles. The lowest BCUT2D eigenvalue weighted by Crippen LogP contribution is -2.48. The van der Waals surface area contributed by atoms with E-state index in [-0.39, 0.29) is 4.65 Å². The number of hydroxylamine groups is 3. The van der Waals surface area contributed by atoms with Crippen LogP contribution in [-0.2, 0) is 0 Å². The molecule has 2 nitrogen and oxygen atoms in total. The third-order valence-corrected chi connectivity index (χ3v) is 2.41. The van der Waals surface area contributed by atoms with Crippen molar-refractivity contribution in [2.24, 2.45) is 0 Å². The summed E-state index contributed by atoms with van der Waals surface area (Å²) >= 11 is 0. The molecule has 0 aromatic carbocycles. The molecule has 0 aromatic rings. The van der Waals surface area contributed by atoms with Crippen LogP contribution in [0.2, 0.25) is 0 Å². The minimum Gasteiger partial charge on any atom is -0.633 e. The van der Waals surface area contributed by atoms with Crippen molar-refractivity contribution in [2.45, 2.75) is 32.2 Å². The van der Waals surface area contributed by atoms with Crippen molar-refractivity contribution in [1.29, 1.82) is 0 Å². The second kappa shape index (κ2) is 2.27. The Kier molecular flexibility index (Phi) is 1.78. The number of likely N-dealkylation sites (tertiary alicyclic amines) is 1. The minimum absolute atomic E-state index is 0.0139. The number of quaternary nitrogens is 1. The Bertz CT molecular complexity index is 101. The number of rotatable bonds is 0. The monoisotopic (exact) mass is 129 g/mol. The van der Waals surface area contributed by atoms with Crippen LogP contribution in [0.25, 0.3) is 0 Å². The SMILES string of the molecule is C[C@@H]1CCCC[N+]1(C)[O-]. The summed E-state index contributed by atoms with van der Waals surface area (Å²) in [5.41, 5.74) is 0. The summed E-state index contributed by atoms with van der Waals surface area (Å²) in [7, 11) is 1.78. The topological polar surface area (TPSA) is 23.1 Å². The van der Waals surface area contributed by atoms with Gasteiger partial charge in [-0.2, -0.15) is 0 Å². The molecule has 0 radical (unpaired) electrons. The van der Waals surface area contributed by atoms with E-state index in [0.717, 1.165) is 19.4 Å². The molecule has 1 unspecified atom stereocenters. The van der Waals surface area contributed by atoms with Crippen LogP contribution in [0.15, 0.2) is 0 Å². The first-order valence-corrected chi connectivity index (χ1v) is 3.69. The fraction of sp³-hybridized carbons (Fsp3) is 1.00. The fourth-order valence-corrected chi connectivity index (χ4v) is 1.36. The third kappa shape index (κ3) is 1.43. The molecule has 0 N–H and O–H groups in total. The lowest BCUT2D eigenvalue weighted by atomic mass is 10.0. The van der Waals surface area contributed by atoms with Gasteiger partial charge in [-0.05, 0) is 26.2 Å². The highest BCUT2D eigenvalue weighted by Gasteiger charge is 2.23. The summed E-state index contributed by atoms with van der Waals surface area (Å²) in [6.07, 6.45) is 3.47. The first-order chi connectivity index (χ1) is 4.13. The predicted molar refractivity (Wildman–Crippen MR) is 37.7 cm³/mol. The molecule has 1 rings (SSSR count). The summed E-state index contributed by atoms with van der Waals surface area (Å²) in [4.78, 5) is 0. The van der Waals surface area contributed by atoms with Crippen LogP contribution in [0.3, 0.4) is 0 Å². The number of nitrogens with zero attached hydrogens (tertiary/aromatic N) is 1. The van der Waals surface area contributed by atoms with Gasteiger partial charge in [0.05, 0.1) is 19.6 Å². The second-order valence-electron chi connectivity index (χ2n) is 3.24. The molecular formula is C7H15NO. The van der Waals surface area contributed by atoms with E-state index in [1.165, 1.54) is 6.42 Å². The van der Waals surface area contributed by atoms with E-state index in [1.807, 2.05) is 6.92 Å². The van der Waals surface area contributed by atoms with Crippen molar-refractivity contribution in [2.75, 3.05) is 13.6 Å². The van der Waals surface area contributed by atoms with Gasteiger partial charge in [-0.25, -0.2) is 0 Å². The fourth-order valence-electron chi connectivity index (χ4n) is 1.36. The molecular weight excluding hydrogens is 114 g/mol. The van der Waals surface area contributed by atoms with E-state index in [9.17, 15) is 5.21 Å². The third-order valence-electron chi connectivity index (χ3n) is 2.41. The molecule has 1 aliphatic heterocycles. The molecule has 0 spiro atoms. The van der Waals surface area contributed by atoms with Crippen molar-refractivity contribution >= 4 is 0 Å². The number of hydrogen-bond donors (Lipinski definition) is 0. The van der Waals surface area contributed by atoms with Crippen molar-refractivity contribution in [3.05, 3.63) is 5.21 Å². The average molecular weight is 129 g/mol. The van der Waals surface area contributed by atoms with E-state index in [1.54, 1.807) is 7.05 Å². The molecule has 1 fully saturated rings. The van der Waals surface area contributed by atoms with E-state index in [4.69, 9.17) is 0 Å². The zero-order valence-corrected chi connectivity index (χ0v) is 6.26. The molecule has 0 bridgehead atoms. The molecule has 2 heteroatoms. The van der Waals surface area contributed by atoms with E-state index < -0.39 is 0 Å². The Morgan fingerprint density at radius 1 is 1.44 bits per heavy atom. The van der Waals surface area contributed by atoms with E-state index >= 15 is 0 Å². The Labute approximate surface area is 56.6 Å². The molecule has 2 atom stereocenters. The highest BCUT2D eigenvalue weighted by molar-refractivity contribution is 4.59. The molecule has 0 aromatic heterocycles. The summed E-state index contributed by atoms with van der Waals surface area (Å²) in [6, 6.07) is 0.332. The van der Waals surface area contributed by atoms with Crippen LogP contribution in [0.4, 0.5) is 0 Å². The van der Waals surface area contributed by atoms with Gasteiger partial charge in [0.1, 0.15) is 0 Å². The van der Waals surface area contributed by atoms with Gasteiger partial charge in [0.2, 0.25) is 0 Å². The highest BCUT2D eigenvalue weighted by Crippen LogP contribution is 2.21. The summed E-state index contributed by atoms with van der Waals surface area (Å²) < 4.78 is -0.0139. The Morgan fingerprint density at radius 3 is 2.44 bits per heavy atom. The van der Waals surface area contributed by atoms with Crippen molar-refractivity contribution in [1.82, 2.24) is 0 Å². The first-order valence-electron chi connectivity index (χ1n) is 3.69. The molecule has 0 saturated carbocycles. The van der Waals surface area contributed by atoms with Crippen LogP contribution in [-0.4, -0.2) is 24.3 Å². The standard InChI is InChI=1S/C7H15NO/c1-7-5-3-4-6-8(7,2)9/h7H,3-6H2,1-2H3/t7-,8?/m1/s1. The zero-order chi connectivity index (χ0) is 6.91. The van der Waals surface area contributed by atoms with Crippen LogP contribution in [0, 0.1) is 5.21 Å².